The average molecular weight is 370 g/mol. The van der Waals surface area contributed by atoms with Gasteiger partial charge in [-0.15, -0.1) is 0 Å². The highest BCUT2D eigenvalue weighted by Crippen LogP contribution is 2.29. The van der Waals surface area contributed by atoms with Crippen LogP contribution in [0.5, 0.6) is 5.75 Å². The number of piperidine rings is 1. The van der Waals surface area contributed by atoms with Gasteiger partial charge in [0, 0.05) is 38.9 Å². The lowest BCUT2D eigenvalue weighted by atomic mass is 10.2. The fourth-order valence-corrected chi connectivity index (χ4v) is 4.48. The summed E-state index contributed by atoms with van der Waals surface area (Å²) in [7, 11) is -0.656. The van der Waals surface area contributed by atoms with Gasteiger partial charge in [0.2, 0.25) is 10.0 Å². The second-order valence-electron chi connectivity index (χ2n) is 5.93. The molecule has 1 saturated heterocycles. The van der Waals surface area contributed by atoms with E-state index in [2.05, 4.69) is 5.32 Å². The molecule has 7 nitrogen and oxygen atoms in total. The van der Waals surface area contributed by atoms with E-state index in [9.17, 15) is 13.2 Å². The van der Waals surface area contributed by atoms with Gasteiger partial charge >= 0.3 is 0 Å². The number of sulfonamides is 1. The molecule has 0 aromatic heterocycles. The number of carbonyl (C=O) groups excluding carboxylic acids is 1. The van der Waals surface area contributed by atoms with Crippen molar-refractivity contribution in [2.75, 3.05) is 40.5 Å². The SMILES string of the molecule is COCCCNC(=O)c1ccc(OC)c(S(=O)(=O)N2CCCCC2)c1. The van der Waals surface area contributed by atoms with E-state index in [0.717, 1.165) is 19.3 Å². The van der Waals surface area contributed by atoms with E-state index in [1.807, 2.05) is 0 Å². The van der Waals surface area contributed by atoms with Gasteiger partial charge in [-0.2, -0.15) is 4.31 Å². The van der Waals surface area contributed by atoms with Crippen LogP contribution in [0.1, 0.15) is 36.0 Å². The second-order valence-corrected chi connectivity index (χ2v) is 7.84. The molecule has 1 heterocycles. The number of rotatable bonds is 8. The van der Waals surface area contributed by atoms with Gasteiger partial charge in [-0.25, -0.2) is 8.42 Å². The van der Waals surface area contributed by atoms with Gasteiger partial charge in [-0.1, -0.05) is 6.42 Å². The molecule has 25 heavy (non-hydrogen) atoms. The lowest BCUT2D eigenvalue weighted by Crippen LogP contribution is -2.36. The summed E-state index contributed by atoms with van der Waals surface area (Å²) in [6.45, 7) is 2.02. The summed E-state index contributed by atoms with van der Waals surface area (Å²) >= 11 is 0. The number of benzene rings is 1. The number of nitrogens with zero attached hydrogens (tertiary/aromatic N) is 1. The zero-order chi connectivity index (χ0) is 18.3. The molecule has 1 aromatic rings. The fraction of sp³-hybridized carbons (Fsp3) is 0.588. The van der Waals surface area contributed by atoms with Crippen molar-refractivity contribution in [2.24, 2.45) is 0 Å². The minimum Gasteiger partial charge on any atom is -0.495 e. The predicted octanol–water partition coefficient (Wildman–Crippen LogP) is 1.64. The number of nitrogens with one attached hydrogen (secondary N) is 1. The lowest BCUT2D eigenvalue weighted by Gasteiger charge is -2.26. The number of hydrogen-bond acceptors (Lipinski definition) is 5. The Bertz CT molecular complexity index is 684. The minimum atomic E-state index is -3.68. The minimum absolute atomic E-state index is 0.0430. The predicted molar refractivity (Wildman–Crippen MR) is 94.4 cm³/mol. The van der Waals surface area contributed by atoms with Gasteiger partial charge in [0.25, 0.3) is 5.91 Å². The third-order valence-corrected chi connectivity index (χ3v) is 6.09. The van der Waals surface area contributed by atoms with Crippen LogP contribution >= 0.6 is 0 Å². The van der Waals surface area contributed by atoms with Crippen molar-refractivity contribution in [2.45, 2.75) is 30.6 Å². The van der Waals surface area contributed by atoms with E-state index in [0.29, 0.717) is 38.2 Å². The molecule has 0 radical (unpaired) electrons. The molecule has 1 aromatic carbocycles. The molecule has 140 valence electrons. The number of ether oxygens (including phenoxy) is 2. The summed E-state index contributed by atoms with van der Waals surface area (Å²) < 4.78 is 37.5. The quantitative estimate of drug-likeness (QED) is 0.703. The van der Waals surface area contributed by atoms with E-state index in [4.69, 9.17) is 9.47 Å². The van der Waals surface area contributed by atoms with Crippen molar-refractivity contribution in [3.05, 3.63) is 23.8 Å². The molecule has 0 unspecified atom stereocenters. The molecule has 0 aliphatic carbocycles. The molecule has 1 aliphatic heterocycles. The normalized spacial score (nSPS) is 15.8. The first-order chi connectivity index (χ1) is 12.0. The first-order valence-corrected chi connectivity index (χ1v) is 9.90. The number of hydrogen-bond donors (Lipinski definition) is 1. The van der Waals surface area contributed by atoms with Gasteiger partial charge in [0.05, 0.1) is 7.11 Å². The van der Waals surface area contributed by atoms with E-state index in [1.165, 1.54) is 23.5 Å². The Hall–Kier alpha value is -1.64. The number of methoxy groups -OCH3 is 2. The molecular weight excluding hydrogens is 344 g/mol. The van der Waals surface area contributed by atoms with Crippen LogP contribution in [0, 0.1) is 0 Å². The Labute approximate surface area is 149 Å². The number of amides is 1. The highest BCUT2D eigenvalue weighted by Gasteiger charge is 2.29. The smallest absolute Gasteiger partial charge is 0.251 e. The zero-order valence-corrected chi connectivity index (χ0v) is 15.6. The molecule has 0 saturated carbocycles. The summed E-state index contributed by atoms with van der Waals surface area (Å²) in [5.74, 6) is -0.0599. The zero-order valence-electron chi connectivity index (χ0n) is 14.8. The standard InChI is InChI=1S/C17H26N2O5S/c1-23-12-6-9-18-17(20)14-7-8-15(24-2)16(13-14)25(21,22)19-10-4-3-5-11-19/h7-8,13H,3-6,9-12H2,1-2H3,(H,18,20). The Kier molecular flexibility index (Phi) is 7.22. The van der Waals surface area contributed by atoms with Gasteiger partial charge in [0.15, 0.2) is 0 Å². The molecule has 0 atom stereocenters. The number of carbonyl (C=O) groups is 1. The van der Waals surface area contributed by atoms with Crippen molar-refractivity contribution in [3.8, 4) is 5.75 Å². The van der Waals surface area contributed by atoms with Crippen LogP contribution in [-0.4, -0.2) is 59.1 Å². The molecule has 2 rings (SSSR count). The van der Waals surface area contributed by atoms with E-state index in [-0.39, 0.29) is 16.6 Å². The molecule has 0 spiro atoms. The Balaban J connectivity index is 2.23. The Morgan fingerprint density at radius 2 is 1.92 bits per heavy atom. The summed E-state index contributed by atoms with van der Waals surface area (Å²) in [5.41, 5.74) is 0.300. The first kappa shape index (κ1) is 19.7. The summed E-state index contributed by atoms with van der Waals surface area (Å²) in [6, 6.07) is 4.50. The second kappa shape index (κ2) is 9.17. The van der Waals surface area contributed by atoms with Crippen LogP contribution in [0.2, 0.25) is 0 Å². The maximum Gasteiger partial charge on any atom is 0.251 e. The van der Waals surface area contributed by atoms with Crippen LogP contribution in [0.15, 0.2) is 23.1 Å². The molecule has 1 fully saturated rings. The summed E-state index contributed by atoms with van der Waals surface area (Å²) in [4.78, 5) is 12.3. The van der Waals surface area contributed by atoms with Crippen molar-refractivity contribution in [1.29, 1.82) is 0 Å². The molecule has 1 aliphatic rings. The molecular formula is C17H26N2O5S. The maximum atomic E-state index is 12.9. The van der Waals surface area contributed by atoms with Crippen LogP contribution in [0.3, 0.4) is 0 Å². The van der Waals surface area contributed by atoms with Gasteiger partial charge in [-0.3, -0.25) is 4.79 Å². The highest BCUT2D eigenvalue weighted by atomic mass is 32.2. The van der Waals surface area contributed by atoms with E-state index >= 15 is 0 Å². The molecule has 1 amide bonds. The Morgan fingerprint density at radius 3 is 2.56 bits per heavy atom. The van der Waals surface area contributed by atoms with Crippen molar-refractivity contribution < 1.29 is 22.7 Å². The van der Waals surface area contributed by atoms with Crippen molar-refractivity contribution in [3.63, 3.8) is 0 Å². The van der Waals surface area contributed by atoms with Gasteiger partial charge in [0.1, 0.15) is 10.6 Å². The average Bonchev–Trinajstić information content (AvgIpc) is 2.65. The summed E-state index contributed by atoms with van der Waals surface area (Å²) in [5, 5.41) is 2.76. The van der Waals surface area contributed by atoms with Crippen molar-refractivity contribution in [1.82, 2.24) is 9.62 Å². The lowest BCUT2D eigenvalue weighted by molar-refractivity contribution is 0.0948. The monoisotopic (exact) mass is 370 g/mol. The van der Waals surface area contributed by atoms with E-state index in [1.54, 1.807) is 13.2 Å². The summed E-state index contributed by atoms with van der Waals surface area (Å²) in [6.07, 6.45) is 3.42. The van der Waals surface area contributed by atoms with Crippen LogP contribution in [-0.2, 0) is 14.8 Å². The topological polar surface area (TPSA) is 84.9 Å². The van der Waals surface area contributed by atoms with Gasteiger partial charge < -0.3 is 14.8 Å². The van der Waals surface area contributed by atoms with Crippen LogP contribution < -0.4 is 10.1 Å². The molecule has 8 heteroatoms. The maximum absolute atomic E-state index is 12.9. The molecule has 1 N–H and O–H groups in total. The third kappa shape index (κ3) is 4.93. The molecule has 0 bridgehead atoms. The Morgan fingerprint density at radius 1 is 1.20 bits per heavy atom. The first-order valence-electron chi connectivity index (χ1n) is 8.46. The van der Waals surface area contributed by atoms with Gasteiger partial charge in [-0.05, 0) is 37.5 Å². The van der Waals surface area contributed by atoms with Crippen LogP contribution in [0.4, 0.5) is 0 Å². The largest absolute Gasteiger partial charge is 0.495 e. The third-order valence-electron chi connectivity index (χ3n) is 4.17. The van der Waals surface area contributed by atoms with Crippen molar-refractivity contribution >= 4 is 15.9 Å². The van der Waals surface area contributed by atoms with E-state index < -0.39 is 10.0 Å². The van der Waals surface area contributed by atoms with Crippen LogP contribution in [0.25, 0.3) is 0 Å². The highest BCUT2D eigenvalue weighted by molar-refractivity contribution is 7.89. The fourth-order valence-electron chi connectivity index (χ4n) is 2.78.